The molecule has 0 radical (unpaired) electrons. The Kier molecular flexibility index (Phi) is 6.17. The van der Waals surface area contributed by atoms with Crippen LogP contribution in [0, 0.1) is 6.92 Å². The summed E-state index contributed by atoms with van der Waals surface area (Å²) in [4.78, 5) is 23.3. The zero-order valence-corrected chi connectivity index (χ0v) is 13.4. The van der Waals surface area contributed by atoms with Crippen LogP contribution in [-0.4, -0.2) is 23.6 Å². The number of hydrogen-bond donors (Lipinski definition) is 1. The molecule has 0 spiro atoms. The Morgan fingerprint density at radius 1 is 1.30 bits per heavy atom. The lowest BCUT2D eigenvalue weighted by molar-refractivity contribution is -0.143. The standard InChI is InChI=1S/C16H17ClN2O4/c1-11-9-14(19-23-11)18-15(20)3-2-8-22-16(21)10-12-4-6-13(17)7-5-12/h4-7,9H,2-3,8,10H2,1H3,(H,18,19,20). The van der Waals surface area contributed by atoms with Crippen LogP contribution in [0.25, 0.3) is 0 Å². The molecule has 0 saturated heterocycles. The van der Waals surface area contributed by atoms with Crippen LogP contribution >= 0.6 is 11.6 Å². The molecule has 6 nitrogen and oxygen atoms in total. The van der Waals surface area contributed by atoms with Crippen LogP contribution in [0.3, 0.4) is 0 Å². The number of carbonyl (C=O) groups is 2. The first-order valence-electron chi connectivity index (χ1n) is 7.16. The number of benzene rings is 1. The number of nitrogens with zero attached hydrogens (tertiary/aromatic N) is 1. The van der Waals surface area contributed by atoms with E-state index in [4.69, 9.17) is 20.9 Å². The molecule has 0 saturated carbocycles. The van der Waals surface area contributed by atoms with Gasteiger partial charge in [0.2, 0.25) is 5.91 Å². The number of aryl methyl sites for hydroxylation is 1. The molecule has 0 bridgehead atoms. The van der Waals surface area contributed by atoms with Crippen LogP contribution in [0.2, 0.25) is 5.02 Å². The number of halogens is 1. The molecule has 0 aliphatic carbocycles. The largest absolute Gasteiger partial charge is 0.465 e. The first-order chi connectivity index (χ1) is 11.0. The second-order valence-corrected chi connectivity index (χ2v) is 5.43. The van der Waals surface area contributed by atoms with Crippen LogP contribution in [0.15, 0.2) is 34.9 Å². The Bertz CT molecular complexity index is 667. The van der Waals surface area contributed by atoms with Gasteiger partial charge in [0.05, 0.1) is 13.0 Å². The molecule has 1 N–H and O–H groups in total. The van der Waals surface area contributed by atoms with Gasteiger partial charge >= 0.3 is 5.97 Å². The van der Waals surface area contributed by atoms with Gasteiger partial charge in [-0.05, 0) is 31.0 Å². The zero-order chi connectivity index (χ0) is 16.7. The van der Waals surface area contributed by atoms with E-state index in [1.807, 2.05) is 0 Å². The molecule has 122 valence electrons. The van der Waals surface area contributed by atoms with Crippen molar-refractivity contribution in [2.75, 3.05) is 11.9 Å². The van der Waals surface area contributed by atoms with Gasteiger partial charge in [0, 0.05) is 17.5 Å². The van der Waals surface area contributed by atoms with Gasteiger partial charge in [0.25, 0.3) is 0 Å². The van der Waals surface area contributed by atoms with E-state index < -0.39 is 0 Å². The number of ether oxygens (including phenoxy) is 1. The molecular formula is C16H17ClN2O4. The number of carbonyl (C=O) groups excluding carboxylic acids is 2. The van der Waals surface area contributed by atoms with Crippen molar-refractivity contribution < 1.29 is 18.8 Å². The summed E-state index contributed by atoms with van der Waals surface area (Å²) < 4.78 is 9.94. The van der Waals surface area contributed by atoms with Crippen LogP contribution in [0.5, 0.6) is 0 Å². The fourth-order valence-corrected chi connectivity index (χ4v) is 2.00. The minimum Gasteiger partial charge on any atom is -0.465 e. The molecule has 7 heteroatoms. The summed E-state index contributed by atoms with van der Waals surface area (Å²) >= 11 is 5.78. The van der Waals surface area contributed by atoms with Gasteiger partial charge in [-0.25, -0.2) is 0 Å². The topological polar surface area (TPSA) is 81.4 Å². The lowest BCUT2D eigenvalue weighted by Gasteiger charge is -2.05. The van der Waals surface area contributed by atoms with Gasteiger partial charge in [-0.15, -0.1) is 0 Å². The third kappa shape index (κ3) is 6.12. The van der Waals surface area contributed by atoms with Crippen molar-refractivity contribution in [1.82, 2.24) is 5.16 Å². The summed E-state index contributed by atoms with van der Waals surface area (Å²) in [5.41, 5.74) is 0.832. The molecule has 23 heavy (non-hydrogen) atoms. The summed E-state index contributed by atoms with van der Waals surface area (Å²) in [5.74, 6) is 0.468. The number of amides is 1. The molecule has 2 rings (SSSR count). The highest BCUT2D eigenvalue weighted by Crippen LogP contribution is 2.11. The second kappa shape index (κ2) is 8.33. The predicted molar refractivity (Wildman–Crippen MR) is 85.2 cm³/mol. The lowest BCUT2D eigenvalue weighted by Crippen LogP contribution is -2.14. The highest BCUT2D eigenvalue weighted by molar-refractivity contribution is 6.30. The van der Waals surface area contributed by atoms with E-state index in [1.165, 1.54) is 0 Å². The van der Waals surface area contributed by atoms with Crippen LogP contribution < -0.4 is 5.32 Å². The number of nitrogens with one attached hydrogen (secondary N) is 1. The van der Waals surface area contributed by atoms with E-state index in [9.17, 15) is 9.59 Å². The van der Waals surface area contributed by atoms with Crippen molar-refractivity contribution in [1.29, 1.82) is 0 Å². The molecule has 2 aromatic rings. The first kappa shape index (κ1) is 17.0. The predicted octanol–water partition coefficient (Wildman–Crippen LogP) is 3.14. The molecule has 0 aliphatic rings. The van der Waals surface area contributed by atoms with Gasteiger partial charge in [0.15, 0.2) is 5.82 Å². The van der Waals surface area contributed by atoms with E-state index in [0.717, 1.165) is 5.56 Å². The summed E-state index contributed by atoms with van der Waals surface area (Å²) in [6.45, 7) is 1.93. The Morgan fingerprint density at radius 3 is 2.70 bits per heavy atom. The third-order valence-electron chi connectivity index (χ3n) is 2.97. The van der Waals surface area contributed by atoms with E-state index in [0.29, 0.717) is 23.0 Å². The van der Waals surface area contributed by atoms with Crippen molar-refractivity contribution in [2.24, 2.45) is 0 Å². The first-order valence-corrected chi connectivity index (χ1v) is 7.54. The normalized spacial score (nSPS) is 10.3. The van der Waals surface area contributed by atoms with Crippen molar-refractivity contribution >= 4 is 29.3 Å². The highest BCUT2D eigenvalue weighted by atomic mass is 35.5. The van der Waals surface area contributed by atoms with Gasteiger partial charge in [0.1, 0.15) is 5.76 Å². The third-order valence-corrected chi connectivity index (χ3v) is 3.22. The maximum absolute atomic E-state index is 11.7. The molecule has 0 fully saturated rings. The molecule has 0 atom stereocenters. The molecule has 1 amide bonds. The molecule has 0 aliphatic heterocycles. The fourth-order valence-electron chi connectivity index (χ4n) is 1.87. The Morgan fingerprint density at radius 2 is 2.04 bits per heavy atom. The van der Waals surface area contributed by atoms with E-state index >= 15 is 0 Å². The second-order valence-electron chi connectivity index (χ2n) is 5.00. The molecule has 0 unspecified atom stereocenters. The van der Waals surface area contributed by atoms with Crippen molar-refractivity contribution in [3.63, 3.8) is 0 Å². The molecule has 1 aromatic heterocycles. The maximum atomic E-state index is 11.7. The minimum atomic E-state index is -0.333. The quantitative estimate of drug-likeness (QED) is 0.620. The zero-order valence-electron chi connectivity index (χ0n) is 12.7. The van der Waals surface area contributed by atoms with Crippen molar-refractivity contribution in [2.45, 2.75) is 26.2 Å². The van der Waals surface area contributed by atoms with Gasteiger partial charge in [-0.2, -0.15) is 0 Å². The fraction of sp³-hybridized carbons (Fsp3) is 0.312. The highest BCUT2D eigenvalue weighted by Gasteiger charge is 2.08. The van der Waals surface area contributed by atoms with E-state index in [1.54, 1.807) is 37.3 Å². The monoisotopic (exact) mass is 336 g/mol. The molecular weight excluding hydrogens is 320 g/mol. The SMILES string of the molecule is Cc1cc(NC(=O)CCCOC(=O)Cc2ccc(Cl)cc2)no1. The van der Waals surface area contributed by atoms with Crippen molar-refractivity contribution in [3.8, 4) is 0 Å². The van der Waals surface area contributed by atoms with Gasteiger partial charge in [-0.3, -0.25) is 9.59 Å². The Hall–Kier alpha value is -2.34. The maximum Gasteiger partial charge on any atom is 0.310 e. The number of aromatic nitrogens is 1. The number of rotatable bonds is 7. The summed E-state index contributed by atoms with van der Waals surface area (Å²) in [6.07, 6.45) is 0.858. The van der Waals surface area contributed by atoms with Gasteiger partial charge < -0.3 is 14.6 Å². The summed E-state index contributed by atoms with van der Waals surface area (Å²) in [6, 6.07) is 8.62. The van der Waals surface area contributed by atoms with E-state index in [2.05, 4.69) is 10.5 Å². The van der Waals surface area contributed by atoms with Crippen LogP contribution in [0.1, 0.15) is 24.2 Å². The summed E-state index contributed by atoms with van der Waals surface area (Å²) in [5, 5.41) is 6.88. The van der Waals surface area contributed by atoms with Crippen LogP contribution in [0.4, 0.5) is 5.82 Å². The van der Waals surface area contributed by atoms with Crippen molar-refractivity contribution in [3.05, 3.63) is 46.7 Å². The number of esters is 1. The minimum absolute atomic E-state index is 0.182. The lowest BCUT2D eigenvalue weighted by atomic mass is 10.1. The smallest absolute Gasteiger partial charge is 0.310 e. The number of hydrogen-bond acceptors (Lipinski definition) is 5. The number of anilines is 1. The Balaban J connectivity index is 1.61. The molecule has 1 aromatic carbocycles. The van der Waals surface area contributed by atoms with E-state index in [-0.39, 0.29) is 31.3 Å². The summed E-state index contributed by atoms with van der Waals surface area (Å²) in [7, 11) is 0. The molecule has 1 heterocycles. The average molecular weight is 337 g/mol. The van der Waals surface area contributed by atoms with Gasteiger partial charge in [-0.1, -0.05) is 28.9 Å². The average Bonchev–Trinajstić information content (AvgIpc) is 2.91. The Labute approximate surface area is 138 Å². The van der Waals surface area contributed by atoms with Crippen LogP contribution in [-0.2, 0) is 20.7 Å².